The lowest BCUT2D eigenvalue weighted by atomic mass is 10.1. The number of benzene rings is 1. The number of rotatable bonds is 4. The van der Waals surface area contributed by atoms with Gasteiger partial charge in [0.2, 0.25) is 11.7 Å². The summed E-state index contributed by atoms with van der Waals surface area (Å²) in [5.41, 5.74) is -0.216. The number of nitrogens with zero attached hydrogens (tertiary/aromatic N) is 2. The van der Waals surface area contributed by atoms with Crippen LogP contribution in [0, 0.1) is 5.41 Å². The van der Waals surface area contributed by atoms with E-state index in [0.29, 0.717) is 45.1 Å². The first-order valence-corrected chi connectivity index (χ1v) is 9.53. The monoisotopic (exact) mass is 374 g/mol. The van der Waals surface area contributed by atoms with Crippen molar-refractivity contribution >= 4 is 11.8 Å². The fourth-order valence-electron chi connectivity index (χ4n) is 3.62. The van der Waals surface area contributed by atoms with E-state index in [1.165, 1.54) is 0 Å². The highest BCUT2D eigenvalue weighted by atomic mass is 16.7. The molecule has 3 fully saturated rings. The van der Waals surface area contributed by atoms with Gasteiger partial charge >= 0.3 is 0 Å². The summed E-state index contributed by atoms with van der Waals surface area (Å²) in [6.45, 7) is 4.53. The molecule has 146 valence electrons. The average Bonchev–Trinajstić information content (AvgIpc) is 3.45. The van der Waals surface area contributed by atoms with E-state index in [1.54, 1.807) is 4.90 Å². The van der Waals surface area contributed by atoms with Crippen molar-refractivity contribution in [1.82, 2.24) is 9.80 Å². The van der Waals surface area contributed by atoms with Crippen molar-refractivity contribution in [3.8, 4) is 5.75 Å². The number of para-hydroxylation sites is 1. The SMILES string of the molecule is CC1(C(=O)N2CCOC3(CN(C(=O)COc4ccccc4)CCO3)C2)CC1. The van der Waals surface area contributed by atoms with Crippen LogP contribution in [0.15, 0.2) is 30.3 Å². The summed E-state index contributed by atoms with van der Waals surface area (Å²) < 4.78 is 17.4. The quantitative estimate of drug-likeness (QED) is 0.794. The van der Waals surface area contributed by atoms with Gasteiger partial charge in [-0.15, -0.1) is 0 Å². The molecule has 1 spiro atoms. The minimum absolute atomic E-state index is 0.0270. The Bertz CT molecular complexity index is 702. The highest BCUT2D eigenvalue weighted by Gasteiger charge is 2.51. The Balaban J connectivity index is 1.36. The Labute approximate surface area is 159 Å². The third-order valence-electron chi connectivity index (χ3n) is 5.58. The maximum atomic E-state index is 12.7. The summed E-state index contributed by atoms with van der Waals surface area (Å²) in [7, 11) is 0. The number of ether oxygens (including phenoxy) is 3. The Morgan fingerprint density at radius 1 is 1.04 bits per heavy atom. The van der Waals surface area contributed by atoms with Crippen molar-refractivity contribution in [2.75, 3.05) is 46.0 Å². The van der Waals surface area contributed by atoms with Gasteiger partial charge in [-0.2, -0.15) is 0 Å². The van der Waals surface area contributed by atoms with Gasteiger partial charge in [0.25, 0.3) is 5.91 Å². The van der Waals surface area contributed by atoms with Gasteiger partial charge in [0.15, 0.2) is 6.61 Å². The molecule has 0 aromatic heterocycles. The minimum Gasteiger partial charge on any atom is -0.484 e. The molecule has 27 heavy (non-hydrogen) atoms. The van der Waals surface area contributed by atoms with Crippen LogP contribution in [0.2, 0.25) is 0 Å². The van der Waals surface area contributed by atoms with Crippen LogP contribution in [-0.2, 0) is 19.1 Å². The molecule has 0 N–H and O–H groups in total. The second-order valence-electron chi connectivity index (χ2n) is 7.81. The highest BCUT2D eigenvalue weighted by molar-refractivity contribution is 5.85. The van der Waals surface area contributed by atoms with E-state index in [1.807, 2.05) is 42.2 Å². The molecule has 1 unspecified atom stereocenters. The molecule has 7 nitrogen and oxygen atoms in total. The Morgan fingerprint density at radius 3 is 2.33 bits per heavy atom. The predicted octanol–water partition coefficient (Wildman–Crippen LogP) is 1.28. The van der Waals surface area contributed by atoms with E-state index in [-0.39, 0.29) is 23.8 Å². The zero-order chi connectivity index (χ0) is 18.9. The topological polar surface area (TPSA) is 68.3 Å². The number of morpholine rings is 2. The lowest BCUT2D eigenvalue weighted by Gasteiger charge is -2.47. The van der Waals surface area contributed by atoms with Gasteiger partial charge in [-0.25, -0.2) is 0 Å². The van der Waals surface area contributed by atoms with Crippen LogP contribution in [0.25, 0.3) is 0 Å². The van der Waals surface area contributed by atoms with Crippen LogP contribution in [0.3, 0.4) is 0 Å². The first-order chi connectivity index (χ1) is 13.0. The van der Waals surface area contributed by atoms with Crippen molar-refractivity contribution < 1.29 is 23.8 Å². The van der Waals surface area contributed by atoms with Gasteiger partial charge in [-0.05, 0) is 25.0 Å². The number of carbonyl (C=O) groups is 2. The van der Waals surface area contributed by atoms with Gasteiger partial charge in [0.05, 0.1) is 26.3 Å². The normalized spacial score (nSPS) is 26.7. The van der Waals surface area contributed by atoms with Crippen molar-refractivity contribution in [2.24, 2.45) is 5.41 Å². The molecule has 3 aliphatic rings. The molecule has 2 saturated heterocycles. The summed E-state index contributed by atoms with van der Waals surface area (Å²) in [6.07, 6.45) is 1.89. The first-order valence-electron chi connectivity index (χ1n) is 9.53. The molecule has 2 aliphatic heterocycles. The maximum Gasteiger partial charge on any atom is 0.260 e. The Morgan fingerprint density at radius 2 is 1.67 bits per heavy atom. The van der Waals surface area contributed by atoms with Crippen molar-refractivity contribution in [2.45, 2.75) is 25.6 Å². The lowest BCUT2D eigenvalue weighted by Crippen LogP contribution is -2.64. The van der Waals surface area contributed by atoms with E-state index in [9.17, 15) is 9.59 Å². The van der Waals surface area contributed by atoms with Gasteiger partial charge in [-0.1, -0.05) is 25.1 Å². The Kier molecular flexibility index (Phi) is 4.82. The van der Waals surface area contributed by atoms with Crippen LogP contribution in [0.1, 0.15) is 19.8 Å². The van der Waals surface area contributed by atoms with Crippen LogP contribution < -0.4 is 4.74 Å². The second-order valence-corrected chi connectivity index (χ2v) is 7.81. The lowest BCUT2D eigenvalue weighted by molar-refractivity contribution is -0.287. The smallest absolute Gasteiger partial charge is 0.260 e. The third-order valence-corrected chi connectivity index (χ3v) is 5.58. The van der Waals surface area contributed by atoms with E-state index in [4.69, 9.17) is 14.2 Å². The van der Waals surface area contributed by atoms with Gasteiger partial charge < -0.3 is 24.0 Å². The molecule has 1 aromatic carbocycles. The molecular formula is C20H26N2O5. The van der Waals surface area contributed by atoms with Gasteiger partial charge in [-0.3, -0.25) is 9.59 Å². The van der Waals surface area contributed by atoms with E-state index in [0.717, 1.165) is 12.8 Å². The largest absolute Gasteiger partial charge is 0.484 e. The van der Waals surface area contributed by atoms with Crippen LogP contribution in [0.4, 0.5) is 0 Å². The number of amides is 2. The maximum absolute atomic E-state index is 12.7. The van der Waals surface area contributed by atoms with Gasteiger partial charge in [0.1, 0.15) is 5.75 Å². The molecule has 2 amide bonds. The standard InChI is InChI=1S/C20H26N2O5/c1-19(7-8-19)18(24)22-10-12-27-20(15-22)14-21(9-11-26-20)17(23)13-25-16-5-3-2-4-6-16/h2-6H,7-15H2,1H3. The summed E-state index contributed by atoms with van der Waals surface area (Å²) in [4.78, 5) is 28.8. The van der Waals surface area contributed by atoms with Crippen molar-refractivity contribution in [3.63, 3.8) is 0 Å². The Hall–Kier alpha value is -2.12. The third kappa shape index (κ3) is 3.94. The van der Waals surface area contributed by atoms with E-state index < -0.39 is 5.79 Å². The second kappa shape index (κ2) is 7.13. The minimum atomic E-state index is -0.931. The fourth-order valence-corrected chi connectivity index (χ4v) is 3.62. The van der Waals surface area contributed by atoms with Crippen LogP contribution in [-0.4, -0.2) is 73.4 Å². The molecule has 0 radical (unpaired) electrons. The summed E-state index contributed by atoms with van der Waals surface area (Å²) in [5.74, 6) is -0.204. The molecule has 7 heteroatoms. The molecule has 2 heterocycles. The molecular weight excluding hydrogens is 348 g/mol. The molecule has 1 aromatic rings. The molecule has 0 bridgehead atoms. The van der Waals surface area contributed by atoms with Crippen LogP contribution in [0.5, 0.6) is 5.75 Å². The van der Waals surface area contributed by atoms with E-state index in [2.05, 4.69) is 0 Å². The summed E-state index contributed by atoms with van der Waals surface area (Å²) >= 11 is 0. The molecule has 4 rings (SSSR count). The number of hydrogen-bond acceptors (Lipinski definition) is 5. The predicted molar refractivity (Wildman–Crippen MR) is 97.1 cm³/mol. The molecule has 1 saturated carbocycles. The van der Waals surface area contributed by atoms with Crippen LogP contribution >= 0.6 is 0 Å². The zero-order valence-corrected chi connectivity index (χ0v) is 15.7. The van der Waals surface area contributed by atoms with Crippen molar-refractivity contribution in [3.05, 3.63) is 30.3 Å². The molecule has 1 aliphatic carbocycles. The summed E-state index contributed by atoms with van der Waals surface area (Å²) in [6, 6.07) is 9.27. The fraction of sp³-hybridized carbons (Fsp3) is 0.600. The first kappa shape index (κ1) is 18.3. The van der Waals surface area contributed by atoms with E-state index >= 15 is 0 Å². The zero-order valence-electron chi connectivity index (χ0n) is 15.7. The number of carbonyl (C=O) groups excluding carboxylic acids is 2. The highest BCUT2D eigenvalue weighted by Crippen LogP contribution is 2.47. The van der Waals surface area contributed by atoms with Gasteiger partial charge in [0, 0.05) is 18.5 Å². The molecule has 1 atom stereocenters. The van der Waals surface area contributed by atoms with Crippen molar-refractivity contribution in [1.29, 1.82) is 0 Å². The average molecular weight is 374 g/mol. The number of hydrogen-bond donors (Lipinski definition) is 0. The summed E-state index contributed by atoms with van der Waals surface area (Å²) in [5, 5.41) is 0.